The lowest BCUT2D eigenvalue weighted by Crippen LogP contribution is -2.60. The monoisotopic (exact) mass is 615 g/mol. The summed E-state index contributed by atoms with van der Waals surface area (Å²) in [5.41, 5.74) is 10.6. The van der Waals surface area contributed by atoms with Gasteiger partial charge in [0.15, 0.2) is 5.96 Å². The average Bonchev–Trinajstić information content (AvgIpc) is 2.89. The third kappa shape index (κ3) is 16.9. The van der Waals surface area contributed by atoms with Gasteiger partial charge in [0.25, 0.3) is 0 Å². The fraction of sp³-hybridized carbons (Fsp3) is 0.731. The highest BCUT2D eigenvalue weighted by Crippen LogP contribution is 2.08. The van der Waals surface area contributed by atoms with Crippen LogP contribution in [0.2, 0.25) is 0 Å². The van der Waals surface area contributed by atoms with Gasteiger partial charge >= 0.3 is 5.97 Å². The number of carboxylic acid groups (broad SMARTS) is 1. The first-order valence-electron chi connectivity index (χ1n) is 14.1. The van der Waals surface area contributed by atoms with E-state index in [1.807, 2.05) is 0 Å². The van der Waals surface area contributed by atoms with Crippen molar-refractivity contribution >= 4 is 41.5 Å². The van der Waals surface area contributed by atoms with E-state index in [0.717, 1.165) is 0 Å². The molecule has 0 aromatic rings. The summed E-state index contributed by atoms with van der Waals surface area (Å²) in [5.74, 6) is -5.33. The van der Waals surface area contributed by atoms with Crippen LogP contribution in [0.4, 0.5) is 0 Å². The van der Waals surface area contributed by atoms with Crippen LogP contribution >= 0.6 is 0 Å². The van der Waals surface area contributed by atoms with E-state index in [4.69, 9.17) is 16.9 Å². The number of hydrogen-bond donors (Lipinski definition) is 11. The Bertz CT molecular complexity index is 974. The number of nitrogens with two attached hydrogens (primary N) is 2. The Hall–Kier alpha value is -3.99. The van der Waals surface area contributed by atoms with Gasteiger partial charge < -0.3 is 53.6 Å². The maximum Gasteiger partial charge on any atom is 0.326 e. The van der Waals surface area contributed by atoms with Gasteiger partial charge in [-0.25, -0.2) is 4.79 Å². The van der Waals surface area contributed by atoms with Crippen molar-refractivity contribution in [1.82, 2.24) is 31.9 Å². The van der Waals surface area contributed by atoms with E-state index in [0.29, 0.717) is 6.42 Å². The number of rotatable bonds is 20. The number of carbonyl (C=O) groups excluding carboxylic acids is 5. The molecule has 0 fully saturated rings. The molecule has 0 radical (unpaired) electrons. The number of carboxylic acids is 1. The van der Waals surface area contributed by atoms with Gasteiger partial charge in [0.1, 0.15) is 24.2 Å². The molecule has 0 aromatic heterocycles. The van der Waals surface area contributed by atoms with Crippen LogP contribution in [-0.4, -0.2) is 102 Å². The van der Waals surface area contributed by atoms with Crippen LogP contribution in [0.5, 0.6) is 0 Å². The Labute approximate surface area is 251 Å². The van der Waals surface area contributed by atoms with E-state index >= 15 is 0 Å². The standard InChI is InChI=1S/C26H49N9O8/c1-13(2)9-17(22(39)31-12-20(38)33-18(25(42)43)10-14(3)4)34-24(41)21(15(5)36)35-23(40)16(32-19(37)11-27)7-6-8-30-26(28)29/h13-18,21,36H,6-12,27H2,1-5H3,(H,31,39)(H,32,37)(H,33,38)(H,34,41)(H,35,40)(H,42,43)(H4,28,29,30)/t15-,16?,17?,18?,21?/m1/s1. The summed E-state index contributed by atoms with van der Waals surface area (Å²) < 4.78 is 0. The average molecular weight is 616 g/mol. The van der Waals surface area contributed by atoms with Gasteiger partial charge in [-0.05, 0) is 44.4 Å². The molecule has 0 rings (SSSR count). The zero-order chi connectivity index (χ0) is 33.3. The van der Waals surface area contributed by atoms with Crippen molar-refractivity contribution in [2.75, 3.05) is 19.6 Å². The van der Waals surface area contributed by atoms with Gasteiger partial charge in [-0.1, -0.05) is 27.7 Å². The summed E-state index contributed by atoms with van der Waals surface area (Å²) >= 11 is 0. The van der Waals surface area contributed by atoms with Crippen molar-refractivity contribution in [2.24, 2.45) is 23.3 Å². The molecule has 4 unspecified atom stereocenters. The number of aliphatic carboxylic acids is 1. The highest BCUT2D eigenvalue weighted by molar-refractivity contribution is 5.95. The molecule has 17 nitrogen and oxygen atoms in total. The first-order valence-corrected chi connectivity index (χ1v) is 14.1. The molecule has 0 saturated heterocycles. The van der Waals surface area contributed by atoms with Gasteiger partial charge in [0.05, 0.1) is 19.2 Å². The molecular formula is C26H49N9O8. The minimum atomic E-state index is -1.52. The Kier molecular flexibility index (Phi) is 18.2. The van der Waals surface area contributed by atoms with Crippen LogP contribution < -0.4 is 43.4 Å². The molecule has 0 aliphatic heterocycles. The molecule has 0 bridgehead atoms. The zero-order valence-electron chi connectivity index (χ0n) is 25.5. The predicted molar refractivity (Wildman–Crippen MR) is 157 cm³/mol. The van der Waals surface area contributed by atoms with Gasteiger partial charge in [0, 0.05) is 6.54 Å². The Morgan fingerprint density at radius 2 is 1.30 bits per heavy atom. The second-order valence-corrected chi connectivity index (χ2v) is 11.0. The van der Waals surface area contributed by atoms with E-state index < -0.39 is 78.9 Å². The predicted octanol–water partition coefficient (Wildman–Crippen LogP) is -3.18. The zero-order valence-corrected chi connectivity index (χ0v) is 25.5. The number of guanidine groups is 1. The molecule has 0 aliphatic rings. The highest BCUT2D eigenvalue weighted by atomic mass is 16.4. The van der Waals surface area contributed by atoms with Gasteiger partial charge in [0.2, 0.25) is 29.5 Å². The summed E-state index contributed by atoms with van der Waals surface area (Å²) in [4.78, 5) is 74.7. The quantitative estimate of drug-likeness (QED) is 0.0369. The number of aliphatic hydroxyl groups excluding tert-OH is 1. The number of aliphatic hydroxyl groups is 1. The van der Waals surface area contributed by atoms with Crippen LogP contribution in [0.3, 0.4) is 0 Å². The molecule has 17 heteroatoms. The molecule has 246 valence electrons. The van der Waals surface area contributed by atoms with E-state index in [9.17, 15) is 39.0 Å². The van der Waals surface area contributed by atoms with Crippen molar-refractivity contribution in [3.8, 4) is 0 Å². The molecule has 0 heterocycles. The van der Waals surface area contributed by atoms with Crippen molar-refractivity contribution in [3.63, 3.8) is 0 Å². The first-order chi connectivity index (χ1) is 20.0. The van der Waals surface area contributed by atoms with Gasteiger partial charge in [-0.3, -0.25) is 29.4 Å². The van der Waals surface area contributed by atoms with Crippen LogP contribution in [-0.2, 0) is 28.8 Å². The van der Waals surface area contributed by atoms with Gasteiger partial charge in [-0.2, -0.15) is 0 Å². The molecule has 0 saturated carbocycles. The molecular weight excluding hydrogens is 566 g/mol. The van der Waals surface area contributed by atoms with E-state index in [1.54, 1.807) is 27.7 Å². The Balaban J connectivity index is 5.51. The normalized spacial score (nSPS) is 14.4. The Morgan fingerprint density at radius 3 is 1.79 bits per heavy atom. The maximum absolute atomic E-state index is 13.1. The van der Waals surface area contributed by atoms with Crippen molar-refractivity contribution in [1.29, 1.82) is 5.41 Å². The van der Waals surface area contributed by atoms with E-state index in [1.165, 1.54) is 6.92 Å². The van der Waals surface area contributed by atoms with Crippen LogP contribution in [0.25, 0.3) is 0 Å². The fourth-order valence-corrected chi connectivity index (χ4v) is 3.90. The summed E-state index contributed by atoms with van der Waals surface area (Å²) in [7, 11) is 0. The van der Waals surface area contributed by atoms with Crippen molar-refractivity contribution in [2.45, 2.75) is 90.6 Å². The highest BCUT2D eigenvalue weighted by Gasteiger charge is 2.32. The maximum atomic E-state index is 13.1. The van der Waals surface area contributed by atoms with Crippen LogP contribution in [0.15, 0.2) is 0 Å². The molecule has 0 aromatic carbocycles. The first kappa shape index (κ1) is 39.0. The summed E-state index contributed by atoms with van der Waals surface area (Å²) in [5, 5.41) is 41.4. The second-order valence-electron chi connectivity index (χ2n) is 11.0. The number of amides is 5. The Morgan fingerprint density at radius 1 is 0.744 bits per heavy atom. The summed E-state index contributed by atoms with van der Waals surface area (Å²) in [6.07, 6.45) is -0.672. The van der Waals surface area contributed by atoms with Crippen molar-refractivity contribution < 1.29 is 39.0 Å². The lowest BCUT2D eigenvalue weighted by Gasteiger charge is -2.27. The smallest absolute Gasteiger partial charge is 0.326 e. The third-order valence-corrected chi connectivity index (χ3v) is 5.99. The summed E-state index contributed by atoms with van der Waals surface area (Å²) in [6.45, 7) is 7.75. The van der Waals surface area contributed by atoms with E-state index in [-0.39, 0.29) is 43.6 Å². The topological polar surface area (TPSA) is 291 Å². The largest absolute Gasteiger partial charge is 0.480 e. The summed E-state index contributed by atoms with van der Waals surface area (Å²) in [6, 6.07) is -4.93. The number of hydrogen-bond acceptors (Lipinski definition) is 9. The molecule has 13 N–H and O–H groups in total. The minimum absolute atomic E-state index is 0.0000667. The molecule has 5 atom stereocenters. The lowest BCUT2D eigenvalue weighted by atomic mass is 10.0. The molecule has 43 heavy (non-hydrogen) atoms. The SMILES string of the molecule is CC(C)CC(NC(=O)CNC(=O)C(CC(C)C)NC(=O)C(NC(=O)C(CCCNC(=N)N)NC(=O)CN)[C@@H](C)O)C(=O)O. The molecule has 0 aliphatic carbocycles. The fourth-order valence-electron chi connectivity index (χ4n) is 3.90. The van der Waals surface area contributed by atoms with Crippen LogP contribution in [0, 0.1) is 17.2 Å². The number of carbonyl (C=O) groups is 6. The third-order valence-electron chi connectivity index (χ3n) is 5.99. The van der Waals surface area contributed by atoms with E-state index in [2.05, 4.69) is 31.9 Å². The lowest BCUT2D eigenvalue weighted by molar-refractivity contribution is -0.142. The van der Waals surface area contributed by atoms with Crippen molar-refractivity contribution in [3.05, 3.63) is 0 Å². The molecule has 0 spiro atoms. The minimum Gasteiger partial charge on any atom is -0.480 e. The number of nitrogens with one attached hydrogen (secondary N) is 7. The molecule has 5 amide bonds. The van der Waals surface area contributed by atoms with Crippen LogP contribution in [0.1, 0.15) is 60.3 Å². The second kappa shape index (κ2) is 20.0. The van der Waals surface area contributed by atoms with Gasteiger partial charge in [-0.15, -0.1) is 0 Å².